The predicted molar refractivity (Wildman–Crippen MR) is 81.4 cm³/mol. The Hall–Kier alpha value is -0.160. The van der Waals surface area contributed by atoms with Crippen molar-refractivity contribution in [2.24, 2.45) is 11.7 Å². The van der Waals surface area contributed by atoms with Crippen molar-refractivity contribution in [3.63, 3.8) is 0 Å². The third kappa shape index (κ3) is 3.69. The van der Waals surface area contributed by atoms with Gasteiger partial charge < -0.3 is 15.5 Å². The molecule has 0 radical (unpaired) electrons. The van der Waals surface area contributed by atoms with Gasteiger partial charge in [-0.2, -0.15) is 0 Å². The van der Waals surface area contributed by atoms with Crippen molar-refractivity contribution < 1.29 is 0 Å². The van der Waals surface area contributed by atoms with Crippen LogP contribution in [0.3, 0.4) is 0 Å². The number of nitrogens with zero attached hydrogens (tertiary/aromatic N) is 3. The highest BCUT2D eigenvalue weighted by Crippen LogP contribution is 2.30. The second-order valence-electron chi connectivity index (χ2n) is 6.96. The van der Waals surface area contributed by atoms with Gasteiger partial charge in [0.05, 0.1) is 0 Å². The number of likely N-dealkylation sites (N-methyl/N-ethyl adjacent to an activating group) is 1. The largest absolute Gasteiger partial charge is 0.329 e. The summed E-state index contributed by atoms with van der Waals surface area (Å²) in [6.07, 6.45) is 5.25. The molecule has 0 aliphatic carbocycles. The van der Waals surface area contributed by atoms with E-state index in [-0.39, 0.29) is 5.54 Å². The van der Waals surface area contributed by atoms with Crippen LogP contribution in [-0.2, 0) is 0 Å². The Kier molecular flexibility index (Phi) is 5.23. The van der Waals surface area contributed by atoms with Gasteiger partial charge in [0.25, 0.3) is 0 Å². The number of rotatable bonds is 4. The van der Waals surface area contributed by atoms with E-state index in [0.717, 1.165) is 19.0 Å². The molecule has 1 unspecified atom stereocenters. The van der Waals surface area contributed by atoms with Crippen molar-refractivity contribution in [1.82, 2.24) is 14.7 Å². The summed E-state index contributed by atoms with van der Waals surface area (Å²) < 4.78 is 0. The fourth-order valence-corrected chi connectivity index (χ4v) is 4.00. The van der Waals surface area contributed by atoms with E-state index in [1.54, 1.807) is 0 Å². The standard InChI is InChI=1S/C15H32N4/c1-17(2)11-14-5-9-19(10-6-14)15(12-16)7-4-8-18(3)13-15/h14H,4-13,16H2,1-3H3. The monoisotopic (exact) mass is 268 g/mol. The summed E-state index contributed by atoms with van der Waals surface area (Å²) in [4.78, 5) is 7.49. The van der Waals surface area contributed by atoms with Crippen LogP contribution in [0.5, 0.6) is 0 Å². The zero-order valence-corrected chi connectivity index (χ0v) is 13.1. The zero-order valence-electron chi connectivity index (χ0n) is 13.1. The highest BCUT2D eigenvalue weighted by molar-refractivity contribution is 4.98. The zero-order chi connectivity index (χ0) is 13.9. The van der Waals surface area contributed by atoms with Gasteiger partial charge in [-0.25, -0.2) is 0 Å². The molecule has 2 N–H and O–H groups in total. The molecule has 0 spiro atoms. The molecule has 0 amide bonds. The molecular formula is C15H32N4. The molecule has 0 bridgehead atoms. The summed E-state index contributed by atoms with van der Waals surface area (Å²) in [5.41, 5.74) is 6.43. The molecular weight excluding hydrogens is 236 g/mol. The molecule has 2 aliphatic heterocycles. The van der Waals surface area contributed by atoms with Crippen LogP contribution in [0.15, 0.2) is 0 Å². The molecule has 2 aliphatic rings. The Balaban J connectivity index is 1.91. The molecule has 19 heavy (non-hydrogen) atoms. The minimum absolute atomic E-state index is 0.260. The average Bonchev–Trinajstić information content (AvgIpc) is 2.38. The lowest BCUT2D eigenvalue weighted by Gasteiger charge is -2.51. The van der Waals surface area contributed by atoms with E-state index in [2.05, 4.69) is 35.8 Å². The molecule has 112 valence electrons. The van der Waals surface area contributed by atoms with Crippen LogP contribution >= 0.6 is 0 Å². The van der Waals surface area contributed by atoms with Crippen LogP contribution < -0.4 is 5.73 Å². The Labute approximate surface area is 118 Å². The average molecular weight is 268 g/mol. The molecule has 2 fully saturated rings. The fourth-order valence-electron chi connectivity index (χ4n) is 4.00. The van der Waals surface area contributed by atoms with Gasteiger partial charge in [-0.15, -0.1) is 0 Å². The summed E-state index contributed by atoms with van der Waals surface area (Å²) in [7, 11) is 6.61. The van der Waals surface area contributed by atoms with E-state index in [1.165, 1.54) is 51.9 Å². The van der Waals surface area contributed by atoms with E-state index in [4.69, 9.17) is 5.73 Å². The molecule has 0 aromatic carbocycles. The predicted octanol–water partition coefficient (Wildman–Crippen LogP) is 0.683. The summed E-state index contributed by atoms with van der Waals surface area (Å²) in [6, 6.07) is 0. The first-order chi connectivity index (χ1) is 9.05. The first kappa shape index (κ1) is 15.2. The molecule has 1 atom stereocenters. The maximum absolute atomic E-state index is 6.17. The molecule has 2 saturated heterocycles. The highest BCUT2D eigenvalue weighted by Gasteiger charge is 2.40. The molecule has 4 nitrogen and oxygen atoms in total. The SMILES string of the molecule is CN(C)CC1CCN(C2(CN)CCCN(C)C2)CC1. The number of hydrogen-bond donors (Lipinski definition) is 1. The smallest absolute Gasteiger partial charge is 0.0458 e. The van der Waals surface area contributed by atoms with Gasteiger partial charge in [0.2, 0.25) is 0 Å². The van der Waals surface area contributed by atoms with Gasteiger partial charge in [-0.1, -0.05) is 0 Å². The Bertz CT molecular complexity index is 273. The minimum atomic E-state index is 0.260. The third-order valence-corrected chi connectivity index (χ3v) is 5.03. The fraction of sp³-hybridized carbons (Fsp3) is 1.00. The molecule has 2 rings (SSSR count). The van der Waals surface area contributed by atoms with E-state index in [9.17, 15) is 0 Å². The van der Waals surface area contributed by atoms with E-state index in [0.29, 0.717) is 0 Å². The Morgan fingerprint density at radius 2 is 1.89 bits per heavy atom. The van der Waals surface area contributed by atoms with Crippen molar-refractivity contribution in [1.29, 1.82) is 0 Å². The summed E-state index contributed by atoms with van der Waals surface area (Å²) >= 11 is 0. The summed E-state index contributed by atoms with van der Waals surface area (Å²) in [5.74, 6) is 0.877. The van der Waals surface area contributed by atoms with Crippen molar-refractivity contribution in [3.05, 3.63) is 0 Å². The van der Waals surface area contributed by atoms with E-state index >= 15 is 0 Å². The van der Waals surface area contributed by atoms with Crippen LogP contribution in [0.25, 0.3) is 0 Å². The van der Waals surface area contributed by atoms with Crippen LogP contribution in [0.2, 0.25) is 0 Å². The first-order valence-corrected chi connectivity index (χ1v) is 7.84. The highest BCUT2D eigenvalue weighted by atomic mass is 15.3. The maximum atomic E-state index is 6.17. The lowest BCUT2D eigenvalue weighted by molar-refractivity contribution is 0.000824. The van der Waals surface area contributed by atoms with Gasteiger partial charge >= 0.3 is 0 Å². The maximum Gasteiger partial charge on any atom is 0.0458 e. The second-order valence-corrected chi connectivity index (χ2v) is 6.96. The number of hydrogen-bond acceptors (Lipinski definition) is 4. The molecule has 4 heteroatoms. The first-order valence-electron chi connectivity index (χ1n) is 7.84. The quantitative estimate of drug-likeness (QED) is 0.813. The van der Waals surface area contributed by atoms with Gasteiger partial charge in [0, 0.05) is 25.2 Å². The molecule has 0 aromatic rings. The normalized spacial score (nSPS) is 32.1. The van der Waals surface area contributed by atoms with Crippen molar-refractivity contribution in [3.8, 4) is 0 Å². The van der Waals surface area contributed by atoms with Gasteiger partial charge in [0.1, 0.15) is 0 Å². The lowest BCUT2D eigenvalue weighted by Crippen LogP contribution is -2.63. The number of nitrogens with two attached hydrogens (primary N) is 1. The topological polar surface area (TPSA) is 35.7 Å². The molecule has 0 saturated carbocycles. The van der Waals surface area contributed by atoms with Crippen LogP contribution in [-0.4, -0.2) is 80.7 Å². The number of likely N-dealkylation sites (tertiary alicyclic amines) is 2. The Morgan fingerprint density at radius 3 is 2.42 bits per heavy atom. The van der Waals surface area contributed by atoms with Gasteiger partial charge in [-0.3, -0.25) is 4.90 Å². The molecule has 2 heterocycles. The Morgan fingerprint density at radius 1 is 1.21 bits per heavy atom. The van der Waals surface area contributed by atoms with Gasteiger partial charge in [0.15, 0.2) is 0 Å². The molecule has 0 aromatic heterocycles. The van der Waals surface area contributed by atoms with Gasteiger partial charge in [-0.05, 0) is 72.4 Å². The second kappa shape index (κ2) is 6.53. The van der Waals surface area contributed by atoms with E-state index < -0.39 is 0 Å². The van der Waals surface area contributed by atoms with Crippen molar-refractivity contribution in [2.45, 2.75) is 31.2 Å². The van der Waals surface area contributed by atoms with Crippen LogP contribution in [0.1, 0.15) is 25.7 Å². The number of piperidine rings is 2. The summed E-state index contributed by atoms with van der Waals surface area (Å²) in [6.45, 7) is 6.92. The van der Waals surface area contributed by atoms with Crippen LogP contribution in [0, 0.1) is 5.92 Å². The third-order valence-electron chi connectivity index (χ3n) is 5.03. The lowest BCUT2D eigenvalue weighted by atomic mass is 9.84. The minimum Gasteiger partial charge on any atom is -0.329 e. The van der Waals surface area contributed by atoms with E-state index in [1.807, 2.05) is 0 Å². The van der Waals surface area contributed by atoms with Crippen molar-refractivity contribution in [2.75, 3.05) is 60.4 Å². The van der Waals surface area contributed by atoms with Crippen molar-refractivity contribution >= 4 is 0 Å². The summed E-state index contributed by atoms with van der Waals surface area (Å²) in [5, 5.41) is 0. The van der Waals surface area contributed by atoms with Crippen LogP contribution in [0.4, 0.5) is 0 Å².